The Bertz CT molecular complexity index is 1210. The fourth-order valence-electron chi connectivity index (χ4n) is 3.91. The van der Waals surface area contributed by atoms with Crippen LogP contribution in [0.1, 0.15) is 44.3 Å². The zero-order valence-corrected chi connectivity index (χ0v) is 15.1. The third-order valence-electron chi connectivity index (χ3n) is 5.38. The normalized spacial score (nSPS) is 19.5. The van der Waals surface area contributed by atoms with Crippen molar-refractivity contribution >= 4 is 40.6 Å². The summed E-state index contributed by atoms with van der Waals surface area (Å²) in [4.78, 5) is 39.4. The Morgan fingerprint density at radius 2 is 1.97 bits per heavy atom. The van der Waals surface area contributed by atoms with E-state index in [0.717, 1.165) is 12.0 Å². The first-order chi connectivity index (χ1) is 14.0. The quantitative estimate of drug-likeness (QED) is 0.548. The van der Waals surface area contributed by atoms with Gasteiger partial charge in [0.05, 0.1) is 11.8 Å². The number of aromatic carboxylic acids is 1. The Labute approximate surface area is 164 Å². The van der Waals surface area contributed by atoms with Crippen molar-refractivity contribution < 1.29 is 19.5 Å². The van der Waals surface area contributed by atoms with Gasteiger partial charge < -0.3 is 15.4 Å². The van der Waals surface area contributed by atoms with Gasteiger partial charge in [-0.1, -0.05) is 30.3 Å². The summed E-state index contributed by atoms with van der Waals surface area (Å²) in [7, 11) is 0. The van der Waals surface area contributed by atoms with E-state index in [-0.39, 0.29) is 29.0 Å². The van der Waals surface area contributed by atoms with Gasteiger partial charge in [0.15, 0.2) is 0 Å². The summed E-state index contributed by atoms with van der Waals surface area (Å²) in [6, 6.07) is 13.1. The number of hydrogen-bond acceptors (Lipinski definition) is 4. The molecular formula is C21H16N4O4. The number of rotatable bonds is 4. The summed E-state index contributed by atoms with van der Waals surface area (Å²) < 4.78 is 0. The third-order valence-corrected chi connectivity index (χ3v) is 5.38. The van der Waals surface area contributed by atoms with Gasteiger partial charge in [-0.15, -0.1) is 0 Å². The number of aromatic amines is 1. The fraction of sp³-hybridized carbons (Fsp3) is 0.143. The summed E-state index contributed by atoms with van der Waals surface area (Å²) in [6.07, 6.45) is 2.08. The molecule has 2 amide bonds. The van der Waals surface area contributed by atoms with E-state index in [2.05, 4.69) is 20.8 Å². The summed E-state index contributed by atoms with van der Waals surface area (Å²) >= 11 is 0. The zero-order valence-electron chi connectivity index (χ0n) is 15.1. The van der Waals surface area contributed by atoms with E-state index >= 15 is 0 Å². The van der Waals surface area contributed by atoms with Crippen LogP contribution in [0.3, 0.4) is 0 Å². The molecule has 4 N–H and O–H groups in total. The molecule has 8 nitrogen and oxygen atoms in total. The average molecular weight is 388 g/mol. The number of H-pyrrole nitrogens is 1. The number of anilines is 1. The van der Waals surface area contributed by atoms with Gasteiger partial charge in [-0.2, -0.15) is 5.10 Å². The highest BCUT2D eigenvalue weighted by molar-refractivity contribution is 6.19. The van der Waals surface area contributed by atoms with Crippen LogP contribution in [0.2, 0.25) is 0 Å². The number of benzene rings is 2. The van der Waals surface area contributed by atoms with Crippen LogP contribution in [0.4, 0.5) is 5.69 Å². The molecule has 1 aromatic heterocycles. The van der Waals surface area contributed by atoms with Crippen molar-refractivity contribution in [2.45, 2.75) is 12.3 Å². The molecule has 5 rings (SSSR count). The lowest BCUT2D eigenvalue weighted by Gasteiger charge is -2.08. The van der Waals surface area contributed by atoms with Crippen LogP contribution in [0.15, 0.2) is 47.6 Å². The minimum atomic E-state index is -1.16. The maximum absolute atomic E-state index is 12.7. The highest BCUT2D eigenvalue weighted by Crippen LogP contribution is 2.48. The van der Waals surface area contributed by atoms with Crippen LogP contribution in [-0.4, -0.2) is 34.1 Å². The standard InChI is InChI=1S/C21H16N4O4/c26-19(13-8-12(13)10-4-2-1-3-5-10)23-11-6-14-17-15(9-22-25-20(14)27)18(21(28)29)24-16(17)7-11/h1-7,9,12-13,24H,8H2,(H,23,26)(H,25,27)(H,28,29). The monoisotopic (exact) mass is 388 g/mol. The highest BCUT2D eigenvalue weighted by Gasteiger charge is 2.43. The molecule has 8 heteroatoms. The fourth-order valence-corrected chi connectivity index (χ4v) is 3.91. The van der Waals surface area contributed by atoms with Crippen LogP contribution < -0.4 is 10.7 Å². The second kappa shape index (κ2) is 6.30. The molecule has 1 aliphatic carbocycles. The Hall–Kier alpha value is -3.94. The van der Waals surface area contributed by atoms with Crippen molar-refractivity contribution in [2.75, 3.05) is 5.32 Å². The van der Waals surface area contributed by atoms with Crippen molar-refractivity contribution in [1.29, 1.82) is 0 Å². The lowest BCUT2D eigenvalue weighted by molar-refractivity contribution is -0.117. The number of carboxylic acids is 1. The predicted molar refractivity (Wildman–Crippen MR) is 106 cm³/mol. The lowest BCUT2D eigenvalue weighted by Crippen LogP contribution is -2.18. The minimum absolute atomic E-state index is 0.0590. The van der Waals surface area contributed by atoms with Crippen molar-refractivity contribution in [3.63, 3.8) is 0 Å². The number of hydrazone groups is 1. The van der Waals surface area contributed by atoms with E-state index in [1.165, 1.54) is 6.21 Å². The largest absolute Gasteiger partial charge is 0.477 e. The van der Waals surface area contributed by atoms with E-state index in [0.29, 0.717) is 22.2 Å². The minimum Gasteiger partial charge on any atom is -0.477 e. The SMILES string of the molecule is O=C(O)c1[nH]c2cc(NC(=O)C3CC3c3ccccc3)cc3c2c1C=NNC3=O. The Morgan fingerprint density at radius 3 is 2.72 bits per heavy atom. The first-order valence-corrected chi connectivity index (χ1v) is 9.15. The molecule has 3 aromatic rings. The first-order valence-electron chi connectivity index (χ1n) is 9.15. The molecule has 0 bridgehead atoms. The molecule has 1 aliphatic heterocycles. The average Bonchev–Trinajstić information content (AvgIpc) is 3.45. The summed E-state index contributed by atoms with van der Waals surface area (Å²) in [5.74, 6) is -1.68. The zero-order chi connectivity index (χ0) is 20.1. The van der Waals surface area contributed by atoms with Gasteiger partial charge in [0, 0.05) is 28.1 Å². The van der Waals surface area contributed by atoms with Gasteiger partial charge in [-0.05, 0) is 30.0 Å². The van der Waals surface area contributed by atoms with Gasteiger partial charge in [0.25, 0.3) is 5.91 Å². The Balaban J connectivity index is 1.48. The molecule has 2 aromatic carbocycles. The maximum atomic E-state index is 12.7. The molecule has 0 spiro atoms. The van der Waals surface area contributed by atoms with Crippen molar-refractivity contribution in [1.82, 2.24) is 10.4 Å². The number of nitrogens with one attached hydrogen (secondary N) is 3. The second-order valence-electron chi connectivity index (χ2n) is 7.21. The summed E-state index contributed by atoms with van der Waals surface area (Å²) in [5.41, 5.74) is 4.89. The van der Waals surface area contributed by atoms with Gasteiger partial charge in [-0.25, -0.2) is 10.2 Å². The van der Waals surface area contributed by atoms with Gasteiger partial charge in [0.2, 0.25) is 5.91 Å². The van der Waals surface area contributed by atoms with Crippen molar-refractivity contribution in [3.05, 3.63) is 64.8 Å². The number of aromatic nitrogens is 1. The molecule has 144 valence electrons. The third kappa shape index (κ3) is 2.85. The van der Waals surface area contributed by atoms with Crippen LogP contribution in [0.25, 0.3) is 10.9 Å². The smallest absolute Gasteiger partial charge is 0.353 e. The van der Waals surface area contributed by atoms with Gasteiger partial charge >= 0.3 is 5.97 Å². The van der Waals surface area contributed by atoms with Gasteiger partial charge in [0.1, 0.15) is 5.69 Å². The van der Waals surface area contributed by atoms with Crippen molar-refractivity contribution in [3.8, 4) is 0 Å². The Kier molecular flexibility index (Phi) is 3.73. The van der Waals surface area contributed by atoms with E-state index in [1.54, 1.807) is 12.1 Å². The first kappa shape index (κ1) is 17.2. The van der Waals surface area contributed by atoms with Crippen molar-refractivity contribution in [2.24, 2.45) is 11.0 Å². The van der Waals surface area contributed by atoms with E-state index < -0.39 is 11.9 Å². The Morgan fingerprint density at radius 1 is 1.17 bits per heavy atom. The molecule has 2 atom stereocenters. The number of nitrogens with zero attached hydrogens (tertiary/aromatic N) is 1. The molecule has 29 heavy (non-hydrogen) atoms. The van der Waals surface area contributed by atoms with Gasteiger partial charge in [-0.3, -0.25) is 9.59 Å². The molecular weight excluding hydrogens is 372 g/mol. The summed E-state index contributed by atoms with van der Waals surface area (Å²) in [6.45, 7) is 0. The highest BCUT2D eigenvalue weighted by atomic mass is 16.4. The summed E-state index contributed by atoms with van der Waals surface area (Å²) in [5, 5.41) is 16.6. The van der Waals surface area contributed by atoms with Crippen LogP contribution in [0.5, 0.6) is 0 Å². The molecule has 1 fully saturated rings. The maximum Gasteiger partial charge on any atom is 0.353 e. The second-order valence-corrected chi connectivity index (χ2v) is 7.21. The van der Waals surface area contributed by atoms with E-state index in [9.17, 15) is 19.5 Å². The van der Waals surface area contributed by atoms with Crippen LogP contribution >= 0.6 is 0 Å². The number of amides is 2. The number of hydrogen-bond donors (Lipinski definition) is 4. The molecule has 2 aliphatic rings. The predicted octanol–water partition coefficient (Wildman–Crippen LogP) is 2.69. The lowest BCUT2D eigenvalue weighted by atomic mass is 10.0. The molecule has 2 unspecified atom stereocenters. The van der Waals surface area contributed by atoms with Crippen LogP contribution in [0, 0.1) is 5.92 Å². The molecule has 0 radical (unpaired) electrons. The molecule has 2 heterocycles. The van der Waals surface area contributed by atoms with E-state index in [1.807, 2.05) is 30.3 Å². The molecule has 0 saturated heterocycles. The van der Waals surface area contributed by atoms with E-state index in [4.69, 9.17) is 0 Å². The number of carbonyl (C=O) groups is 3. The number of carboxylic acid groups (broad SMARTS) is 1. The van der Waals surface area contributed by atoms with Crippen LogP contribution in [-0.2, 0) is 4.79 Å². The molecule has 1 saturated carbocycles. The number of carbonyl (C=O) groups excluding carboxylic acids is 2. The topological polar surface area (TPSA) is 124 Å².